The summed E-state index contributed by atoms with van der Waals surface area (Å²) in [7, 11) is 5.63. The molecule has 3 aromatic heterocycles. The highest BCUT2D eigenvalue weighted by Gasteiger charge is 2.20. The van der Waals surface area contributed by atoms with E-state index in [2.05, 4.69) is 4.98 Å². The molecule has 0 aliphatic rings. The third-order valence-corrected chi connectivity index (χ3v) is 4.97. The summed E-state index contributed by atoms with van der Waals surface area (Å²) in [5, 5.41) is 0. The Morgan fingerprint density at radius 2 is 1.78 bits per heavy atom. The molecule has 8 heteroatoms. The maximum atomic E-state index is 12.9. The highest BCUT2D eigenvalue weighted by Crippen LogP contribution is 2.22. The molecule has 3 heterocycles. The average Bonchev–Trinajstić information content (AvgIpc) is 3.15. The molecule has 140 valence electrons. The number of imidazole rings is 2. The summed E-state index contributed by atoms with van der Waals surface area (Å²) in [5.41, 5.74) is 3.14. The smallest absolute Gasteiger partial charge is 0.332 e. The van der Waals surface area contributed by atoms with E-state index in [4.69, 9.17) is 0 Å². The summed E-state index contributed by atoms with van der Waals surface area (Å²) in [6, 6.07) is 8.11. The second-order valence-corrected chi connectivity index (χ2v) is 6.86. The van der Waals surface area contributed by atoms with Crippen LogP contribution >= 0.6 is 0 Å². The minimum absolute atomic E-state index is 0.316. The maximum Gasteiger partial charge on any atom is 0.332 e. The first-order chi connectivity index (χ1) is 12.8. The first kappa shape index (κ1) is 17.1. The molecule has 8 nitrogen and oxygen atoms in total. The van der Waals surface area contributed by atoms with E-state index >= 15 is 0 Å². The van der Waals surface area contributed by atoms with Gasteiger partial charge in [-0.3, -0.25) is 22.9 Å². The quantitative estimate of drug-likeness (QED) is 0.551. The molecule has 27 heavy (non-hydrogen) atoms. The third kappa shape index (κ3) is 2.33. The van der Waals surface area contributed by atoms with Crippen molar-refractivity contribution in [3.05, 3.63) is 57.0 Å². The lowest BCUT2D eigenvalue weighted by Crippen LogP contribution is -2.38. The van der Waals surface area contributed by atoms with Crippen molar-refractivity contribution >= 4 is 22.6 Å². The number of aromatic nitrogens is 5. The molecule has 0 bridgehead atoms. The van der Waals surface area contributed by atoms with Gasteiger partial charge in [0.05, 0.1) is 0 Å². The zero-order chi connectivity index (χ0) is 19.5. The summed E-state index contributed by atoms with van der Waals surface area (Å²) in [6.45, 7) is 4.08. The van der Waals surface area contributed by atoms with Crippen molar-refractivity contribution < 1.29 is 0 Å². The Hall–Kier alpha value is -3.29. The topological polar surface area (TPSA) is 69.5 Å². The van der Waals surface area contributed by atoms with Gasteiger partial charge in [0.1, 0.15) is 0 Å². The van der Waals surface area contributed by atoms with Crippen molar-refractivity contribution in [3.63, 3.8) is 0 Å². The van der Waals surface area contributed by atoms with Crippen LogP contribution in [0.15, 0.2) is 40.1 Å². The van der Waals surface area contributed by atoms with Crippen LogP contribution in [0.2, 0.25) is 0 Å². The number of anilines is 1. The Morgan fingerprint density at radius 1 is 1.11 bits per heavy atom. The van der Waals surface area contributed by atoms with Crippen LogP contribution in [0.5, 0.6) is 0 Å². The second-order valence-electron chi connectivity index (χ2n) is 6.86. The fraction of sp³-hybridized carbons (Fsp3) is 0.316. The van der Waals surface area contributed by atoms with Crippen LogP contribution in [-0.2, 0) is 13.6 Å². The van der Waals surface area contributed by atoms with Crippen molar-refractivity contribution in [2.24, 2.45) is 7.05 Å². The molecule has 0 aliphatic carbocycles. The molecule has 0 atom stereocenters. The summed E-state index contributed by atoms with van der Waals surface area (Å²) < 4.78 is 6.43. The van der Waals surface area contributed by atoms with Gasteiger partial charge in [-0.25, -0.2) is 4.79 Å². The fourth-order valence-electron chi connectivity index (χ4n) is 3.51. The van der Waals surface area contributed by atoms with E-state index in [1.165, 1.54) is 9.13 Å². The van der Waals surface area contributed by atoms with Crippen LogP contribution in [-0.4, -0.2) is 37.2 Å². The number of hydrogen-bond donors (Lipinski definition) is 0. The van der Waals surface area contributed by atoms with Crippen LogP contribution in [0.3, 0.4) is 0 Å². The number of rotatable bonds is 3. The standard InChI is InChI=1S/C19H22N6O2/c1-6-23-17(26)15-16(22(5)19(23)27)20-18-24(15)11-12(2)25(18)14-9-7-13(8-10-14)21(3)4/h7-11H,6H2,1-5H3. The highest BCUT2D eigenvalue weighted by molar-refractivity contribution is 5.76. The Bertz CT molecular complexity index is 1280. The number of hydrogen-bond acceptors (Lipinski definition) is 4. The van der Waals surface area contributed by atoms with Crippen molar-refractivity contribution in [3.8, 4) is 5.69 Å². The van der Waals surface area contributed by atoms with Gasteiger partial charge in [-0.1, -0.05) is 0 Å². The van der Waals surface area contributed by atoms with Gasteiger partial charge in [-0.2, -0.15) is 4.98 Å². The molecule has 0 radical (unpaired) electrons. The Morgan fingerprint density at radius 3 is 2.37 bits per heavy atom. The monoisotopic (exact) mass is 366 g/mol. The molecule has 0 N–H and O–H groups in total. The van der Waals surface area contributed by atoms with Gasteiger partial charge >= 0.3 is 5.69 Å². The molecule has 0 unspecified atom stereocenters. The summed E-state index contributed by atoms with van der Waals surface area (Å²) >= 11 is 0. The molecule has 0 aliphatic heterocycles. The summed E-state index contributed by atoms with van der Waals surface area (Å²) in [5.74, 6) is 0.612. The van der Waals surface area contributed by atoms with Crippen molar-refractivity contribution in [1.82, 2.24) is 23.1 Å². The van der Waals surface area contributed by atoms with E-state index in [9.17, 15) is 9.59 Å². The van der Waals surface area contributed by atoms with Crippen molar-refractivity contribution in [2.75, 3.05) is 19.0 Å². The Kier molecular flexibility index (Phi) is 3.73. The molecular formula is C19H22N6O2. The van der Waals surface area contributed by atoms with Gasteiger partial charge in [-0.15, -0.1) is 0 Å². The van der Waals surface area contributed by atoms with Crippen molar-refractivity contribution in [2.45, 2.75) is 20.4 Å². The second kappa shape index (κ2) is 5.87. The molecule has 0 amide bonds. The highest BCUT2D eigenvalue weighted by atomic mass is 16.2. The summed E-state index contributed by atoms with van der Waals surface area (Å²) in [6.07, 6.45) is 1.89. The zero-order valence-electron chi connectivity index (χ0n) is 16.1. The molecule has 1 aromatic carbocycles. The van der Waals surface area contributed by atoms with E-state index in [0.717, 1.165) is 17.1 Å². The van der Waals surface area contributed by atoms with Gasteiger partial charge in [0.25, 0.3) is 5.56 Å². The normalized spacial score (nSPS) is 11.6. The van der Waals surface area contributed by atoms with Crippen LogP contribution in [0.1, 0.15) is 12.6 Å². The number of nitrogens with zero attached hydrogens (tertiary/aromatic N) is 6. The molecule has 4 rings (SSSR count). The SMILES string of the molecule is CCn1c(=O)c2c(nc3n(-c4ccc(N(C)C)cc4)c(C)cn23)n(C)c1=O. The number of benzene rings is 1. The first-order valence-corrected chi connectivity index (χ1v) is 8.82. The zero-order valence-corrected chi connectivity index (χ0v) is 16.1. The van der Waals surface area contributed by atoms with E-state index < -0.39 is 0 Å². The van der Waals surface area contributed by atoms with E-state index in [1.807, 2.05) is 60.9 Å². The lowest BCUT2D eigenvalue weighted by Gasteiger charge is -2.13. The van der Waals surface area contributed by atoms with Gasteiger partial charge in [0, 0.05) is 51.0 Å². The lowest BCUT2D eigenvalue weighted by atomic mass is 10.2. The molecule has 0 saturated carbocycles. The predicted octanol–water partition coefficient (Wildman–Crippen LogP) is 1.53. The van der Waals surface area contributed by atoms with Crippen LogP contribution in [0.25, 0.3) is 22.6 Å². The van der Waals surface area contributed by atoms with Crippen molar-refractivity contribution in [1.29, 1.82) is 0 Å². The minimum Gasteiger partial charge on any atom is -0.378 e. The maximum absolute atomic E-state index is 12.9. The molecule has 0 saturated heterocycles. The summed E-state index contributed by atoms with van der Waals surface area (Å²) in [4.78, 5) is 31.9. The fourth-order valence-corrected chi connectivity index (χ4v) is 3.51. The van der Waals surface area contributed by atoms with E-state index in [1.54, 1.807) is 18.4 Å². The van der Waals surface area contributed by atoms with Gasteiger partial charge in [0.15, 0.2) is 11.2 Å². The van der Waals surface area contributed by atoms with E-state index in [-0.39, 0.29) is 11.2 Å². The molecular weight excluding hydrogens is 344 g/mol. The van der Waals surface area contributed by atoms with Gasteiger partial charge in [-0.05, 0) is 38.1 Å². The Balaban J connectivity index is 2.07. The first-order valence-electron chi connectivity index (χ1n) is 8.82. The third-order valence-electron chi connectivity index (χ3n) is 4.97. The van der Waals surface area contributed by atoms with Gasteiger partial charge in [0.2, 0.25) is 5.78 Å². The average molecular weight is 366 g/mol. The number of aryl methyl sites for hydroxylation is 2. The van der Waals surface area contributed by atoms with E-state index in [0.29, 0.717) is 23.5 Å². The lowest BCUT2D eigenvalue weighted by molar-refractivity contribution is 0.637. The van der Waals surface area contributed by atoms with Crippen LogP contribution < -0.4 is 16.1 Å². The Labute approximate surface area is 155 Å². The van der Waals surface area contributed by atoms with Gasteiger partial charge < -0.3 is 4.90 Å². The molecule has 4 aromatic rings. The predicted molar refractivity (Wildman–Crippen MR) is 106 cm³/mol. The minimum atomic E-state index is -0.352. The van der Waals surface area contributed by atoms with Crippen LogP contribution in [0, 0.1) is 6.92 Å². The molecule has 0 spiro atoms. The molecule has 0 fully saturated rings. The number of fused-ring (bicyclic) bond motifs is 3. The largest absolute Gasteiger partial charge is 0.378 e. The van der Waals surface area contributed by atoms with Crippen LogP contribution in [0.4, 0.5) is 5.69 Å².